The summed E-state index contributed by atoms with van der Waals surface area (Å²) in [5.41, 5.74) is 3.93. The van der Waals surface area contributed by atoms with Crippen LogP contribution in [0.25, 0.3) is 11.1 Å². The molecule has 32 heavy (non-hydrogen) atoms. The maximum Gasteiger partial charge on any atom is 0.349 e. The Morgan fingerprint density at radius 3 is 2.53 bits per heavy atom. The van der Waals surface area contributed by atoms with Crippen molar-refractivity contribution in [2.24, 2.45) is 10.9 Å². The van der Waals surface area contributed by atoms with Crippen LogP contribution in [0.2, 0.25) is 10.0 Å². The average molecular weight is 475 g/mol. The Balaban J connectivity index is 1.84. The van der Waals surface area contributed by atoms with E-state index in [9.17, 15) is 19.2 Å². The van der Waals surface area contributed by atoms with E-state index in [0.29, 0.717) is 16.0 Å². The van der Waals surface area contributed by atoms with Gasteiger partial charge in [0, 0.05) is 0 Å². The van der Waals surface area contributed by atoms with E-state index >= 15 is 0 Å². The third kappa shape index (κ3) is 3.68. The molecule has 0 saturated carbocycles. The summed E-state index contributed by atoms with van der Waals surface area (Å²) in [5.74, 6) is -0.0472. The van der Waals surface area contributed by atoms with Gasteiger partial charge in [0.25, 0.3) is 5.91 Å². The molecule has 162 valence electrons. The van der Waals surface area contributed by atoms with Crippen LogP contribution in [0, 0.1) is 0 Å². The van der Waals surface area contributed by atoms with Gasteiger partial charge in [0.05, 0.1) is 15.7 Å². The predicted octanol–water partition coefficient (Wildman–Crippen LogP) is 1.89. The molecule has 1 aromatic heterocycles. The lowest BCUT2D eigenvalue weighted by Crippen LogP contribution is -2.55. The van der Waals surface area contributed by atoms with Gasteiger partial charge in [0.2, 0.25) is 11.7 Å². The number of imide groups is 1. The second-order valence-corrected chi connectivity index (χ2v) is 7.26. The van der Waals surface area contributed by atoms with Crippen molar-refractivity contribution >= 4 is 69.3 Å². The smallest absolute Gasteiger partial charge is 0.349 e. The summed E-state index contributed by atoms with van der Waals surface area (Å²) in [4.78, 5) is 55.5. The highest BCUT2D eigenvalue weighted by atomic mass is 35.5. The average Bonchev–Trinajstić information content (AvgIpc) is 3.21. The fraction of sp³-hybridized carbons (Fsp3) is 0.0526. The van der Waals surface area contributed by atoms with Gasteiger partial charge in [-0.1, -0.05) is 35.3 Å². The van der Waals surface area contributed by atoms with Gasteiger partial charge in [-0.3, -0.25) is 19.8 Å². The van der Waals surface area contributed by atoms with Crippen molar-refractivity contribution in [3.63, 3.8) is 0 Å². The number of anilines is 1. The van der Waals surface area contributed by atoms with Crippen LogP contribution in [-0.4, -0.2) is 34.3 Å². The number of benzene rings is 2. The lowest BCUT2D eigenvalue weighted by molar-refractivity contribution is -0.139. The predicted molar refractivity (Wildman–Crippen MR) is 114 cm³/mol. The zero-order valence-corrected chi connectivity index (χ0v) is 17.3. The molecule has 0 aliphatic carbocycles. The third-order valence-electron chi connectivity index (χ3n) is 4.50. The van der Waals surface area contributed by atoms with Gasteiger partial charge in [0.1, 0.15) is 11.2 Å². The number of carbonyl (C=O) groups is 4. The van der Waals surface area contributed by atoms with Crippen molar-refractivity contribution in [1.29, 1.82) is 0 Å². The fourth-order valence-electron chi connectivity index (χ4n) is 3.04. The van der Waals surface area contributed by atoms with Gasteiger partial charge in [-0.05, 0) is 30.3 Å². The molecule has 4 rings (SSSR count). The number of fused-ring (bicyclic) bond motifs is 1. The van der Waals surface area contributed by atoms with E-state index in [-0.39, 0.29) is 21.6 Å². The van der Waals surface area contributed by atoms with Crippen molar-refractivity contribution in [2.75, 3.05) is 4.90 Å². The summed E-state index contributed by atoms with van der Waals surface area (Å²) in [5, 5.41) is 3.95. The summed E-state index contributed by atoms with van der Waals surface area (Å²) in [6, 6.07) is 9.56. The number of aromatic nitrogens is 1. The van der Waals surface area contributed by atoms with Crippen LogP contribution in [0.3, 0.4) is 0 Å². The van der Waals surface area contributed by atoms with Gasteiger partial charge in [-0.15, -0.1) is 0 Å². The van der Waals surface area contributed by atoms with Crippen molar-refractivity contribution in [3.8, 4) is 0 Å². The number of hydrazine groups is 1. The second kappa shape index (κ2) is 8.38. The number of halogens is 2. The minimum Gasteiger partial charge on any atom is -0.439 e. The Morgan fingerprint density at radius 1 is 1.09 bits per heavy atom. The Morgan fingerprint density at radius 2 is 1.84 bits per heavy atom. The SMILES string of the molecule is NNC(=O)N/N=C1\C(=O)N(c2ccc(Cl)c(Cl)c2)C(=O)C(=O)[C@H]1c1nc2ccccc2o1. The second-order valence-electron chi connectivity index (χ2n) is 6.44. The molecule has 1 aliphatic rings. The highest BCUT2D eigenvalue weighted by molar-refractivity contribution is 6.67. The van der Waals surface area contributed by atoms with Crippen LogP contribution >= 0.6 is 23.2 Å². The molecule has 4 N–H and O–H groups in total. The van der Waals surface area contributed by atoms with E-state index in [2.05, 4.69) is 10.1 Å². The molecule has 11 nitrogen and oxygen atoms in total. The summed E-state index contributed by atoms with van der Waals surface area (Å²) in [7, 11) is 0. The minimum atomic E-state index is -1.60. The number of amides is 4. The molecule has 13 heteroatoms. The third-order valence-corrected chi connectivity index (χ3v) is 5.24. The number of nitrogens with zero attached hydrogens (tertiary/aromatic N) is 3. The molecule has 1 saturated heterocycles. The molecule has 0 spiro atoms. The lowest BCUT2D eigenvalue weighted by atomic mass is 9.91. The quantitative estimate of drug-likeness (QED) is 0.171. The number of hydrazone groups is 1. The van der Waals surface area contributed by atoms with Crippen LogP contribution < -0.4 is 21.6 Å². The molecular weight excluding hydrogens is 463 g/mol. The Labute approximate surface area is 189 Å². The first kappa shape index (κ1) is 21.4. The number of rotatable bonds is 3. The summed E-state index contributed by atoms with van der Waals surface area (Å²) in [6.45, 7) is 0. The number of urea groups is 1. The minimum absolute atomic E-state index is 0.0188. The molecular formula is C19H12Cl2N6O5. The van der Waals surface area contributed by atoms with Crippen LogP contribution in [0.15, 0.2) is 52.0 Å². The van der Waals surface area contributed by atoms with Crippen molar-refractivity contribution in [1.82, 2.24) is 15.8 Å². The van der Waals surface area contributed by atoms with E-state index in [1.807, 2.05) is 5.43 Å². The molecule has 1 atom stereocenters. The van der Waals surface area contributed by atoms with Gasteiger partial charge >= 0.3 is 11.9 Å². The molecule has 0 bridgehead atoms. The van der Waals surface area contributed by atoms with Crippen LogP contribution in [-0.2, 0) is 14.4 Å². The number of carbonyl (C=O) groups excluding carboxylic acids is 4. The molecule has 4 amide bonds. The molecule has 2 aromatic carbocycles. The topological polar surface area (TPSA) is 160 Å². The monoisotopic (exact) mass is 474 g/mol. The first-order valence-electron chi connectivity index (χ1n) is 8.89. The first-order chi connectivity index (χ1) is 15.3. The van der Waals surface area contributed by atoms with Crippen LogP contribution in [0.4, 0.5) is 10.5 Å². The zero-order valence-electron chi connectivity index (χ0n) is 15.8. The molecule has 1 fully saturated rings. The van der Waals surface area contributed by atoms with Crippen molar-refractivity contribution in [3.05, 3.63) is 58.4 Å². The van der Waals surface area contributed by atoms with E-state index in [1.165, 1.54) is 18.2 Å². The first-order valence-corrected chi connectivity index (χ1v) is 9.64. The fourth-order valence-corrected chi connectivity index (χ4v) is 3.34. The number of nitrogens with two attached hydrogens (primary N) is 1. The van der Waals surface area contributed by atoms with Gasteiger partial charge in [0.15, 0.2) is 11.5 Å². The number of Topliss-reactive ketones (excluding diaryl/α,β-unsaturated/α-hetero) is 1. The number of hydrogen-bond acceptors (Lipinski definition) is 8. The lowest BCUT2D eigenvalue weighted by Gasteiger charge is -2.28. The van der Waals surface area contributed by atoms with E-state index in [1.54, 1.807) is 29.7 Å². The Bertz CT molecular complexity index is 1290. The summed E-state index contributed by atoms with van der Waals surface area (Å²) >= 11 is 11.9. The molecule has 0 unspecified atom stereocenters. The Hall–Kier alpha value is -3.80. The highest BCUT2D eigenvalue weighted by Gasteiger charge is 2.49. The largest absolute Gasteiger partial charge is 0.439 e. The van der Waals surface area contributed by atoms with Gasteiger partial charge in [-0.2, -0.15) is 5.10 Å². The van der Waals surface area contributed by atoms with Crippen LogP contribution in [0.5, 0.6) is 0 Å². The summed E-state index contributed by atoms with van der Waals surface area (Å²) < 4.78 is 5.59. The molecule has 3 aromatic rings. The number of ketones is 1. The van der Waals surface area contributed by atoms with Crippen molar-refractivity contribution in [2.45, 2.75) is 5.92 Å². The van der Waals surface area contributed by atoms with Crippen molar-refractivity contribution < 1.29 is 23.6 Å². The number of para-hydroxylation sites is 2. The molecule has 0 radical (unpaired) electrons. The number of piperidine rings is 1. The standard InChI is InChI=1S/C19H12Cl2N6O5/c20-9-6-5-8(7-10(9)21)27-17(29)14(25-26-19(31)24-22)13(15(28)18(27)30)16-23-11-3-1-2-4-12(11)32-16/h1-7,13H,22H2,(H2,24,26,31)/b25-14-/t13-/m0/s1. The maximum absolute atomic E-state index is 13.3. The van der Waals surface area contributed by atoms with Crippen LogP contribution in [0.1, 0.15) is 11.8 Å². The van der Waals surface area contributed by atoms with Gasteiger partial charge < -0.3 is 4.42 Å². The molecule has 1 aliphatic heterocycles. The zero-order chi connectivity index (χ0) is 23.0. The Kier molecular flexibility index (Phi) is 5.61. The number of oxazole rings is 1. The van der Waals surface area contributed by atoms with Gasteiger partial charge in [-0.25, -0.2) is 25.9 Å². The number of hydrogen-bond donors (Lipinski definition) is 3. The number of nitrogens with one attached hydrogen (secondary N) is 2. The highest BCUT2D eigenvalue weighted by Crippen LogP contribution is 2.33. The normalized spacial score (nSPS) is 17.8. The van der Waals surface area contributed by atoms with E-state index in [0.717, 1.165) is 0 Å². The maximum atomic E-state index is 13.3. The van der Waals surface area contributed by atoms with E-state index in [4.69, 9.17) is 33.5 Å². The summed E-state index contributed by atoms with van der Waals surface area (Å²) in [6.07, 6.45) is 0. The van der Waals surface area contributed by atoms with E-state index < -0.39 is 35.3 Å². The molecule has 2 heterocycles.